The van der Waals surface area contributed by atoms with E-state index in [4.69, 9.17) is 14.2 Å². The number of ether oxygens (including phenoxy) is 3. The predicted molar refractivity (Wildman–Crippen MR) is 129 cm³/mol. The van der Waals surface area contributed by atoms with E-state index in [1.165, 1.54) is 5.56 Å². The van der Waals surface area contributed by atoms with Crippen LogP contribution >= 0.6 is 0 Å². The number of nitrogens with zero attached hydrogens (tertiary/aromatic N) is 1. The Balaban J connectivity index is 1.45. The quantitative estimate of drug-likeness (QED) is 0.358. The van der Waals surface area contributed by atoms with Crippen molar-refractivity contribution in [2.75, 3.05) is 7.11 Å². The highest BCUT2D eigenvalue weighted by Gasteiger charge is 2.30. The molecule has 0 unspecified atom stereocenters. The fourth-order valence-corrected chi connectivity index (χ4v) is 4.24. The van der Waals surface area contributed by atoms with Crippen LogP contribution in [-0.2, 0) is 13.7 Å². The molecule has 0 atom stereocenters. The first kappa shape index (κ1) is 20.9. The Bertz CT molecular complexity index is 1430. The van der Waals surface area contributed by atoms with E-state index in [2.05, 4.69) is 19.1 Å². The van der Waals surface area contributed by atoms with Crippen molar-refractivity contribution in [3.8, 4) is 17.2 Å². The van der Waals surface area contributed by atoms with Crippen LogP contribution < -0.4 is 14.2 Å². The Morgan fingerprint density at radius 3 is 2.67 bits per heavy atom. The van der Waals surface area contributed by atoms with Crippen LogP contribution in [0.5, 0.6) is 17.2 Å². The number of hydrogen-bond donors (Lipinski definition) is 0. The number of fused-ring (bicyclic) bond motifs is 2. The van der Waals surface area contributed by atoms with E-state index in [1.54, 1.807) is 19.3 Å². The molecule has 0 radical (unpaired) electrons. The van der Waals surface area contributed by atoms with Crippen LogP contribution in [0.2, 0.25) is 0 Å². The third-order valence-electron chi connectivity index (χ3n) is 6.20. The van der Waals surface area contributed by atoms with Crippen molar-refractivity contribution in [1.82, 2.24) is 4.57 Å². The van der Waals surface area contributed by atoms with Gasteiger partial charge in [-0.2, -0.15) is 0 Å². The van der Waals surface area contributed by atoms with Crippen LogP contribution in [0.15, 0.2) is 66.6 Å². The van der Waals surface area contributed by atoms with Crippen LogP contribution in [0.4, 0.5) is 0 Å². The van der Waals surface area contributed by atoms with Gasteiger partial charge >= 0.3 is 0 Å². The van der Waals surface area contributed by atoms with Gasteiger partial charge in [0.1, 0.15) is 23.9 Å². The van der Waals surface area contributed by atoms with Gasteiger partial charge in [-0.3, -0.25) is 4.79 Å². The van der Waals surface area contributed by atoms with Crippen molar-refractivity contribution in [2.24, 2.45) is 7.05 Å². The van der Waals surface area contributed by atoms with Crippen LogP contribution in [0.3, 0.4) is 0 Å². The fraction of sp³-hybridized carbons (Fsp3) is 0.179. The van der Waals surface area contributed by atoms with Gasteiger partial charge in [0.15, 0.2) is 5.76 Å². The average molecular weight is 440 g/mol. The van der Waals surface area contributed by atoms with Crippen molar-refractivity contribution in [1.29, 1.82) is 0 Å². The molecule has 0 amide bonds. The number of rotatable bonds is 5. The highest BCUT2D eigenvalue weighted by atomic mass is 16.5. The Morgan fingerprint density at radius 1 is 1.06 bits per heavy atom. The molecule has 5 heteroatoms. The molecule has 0 bridgehead atoms. The summed E-state index contributed by atoms with van der Waals surface area (Å²) in [6.45, 7) is 4.45. The lowest BCUT2D eigenvalue weighted by Gasteiger charge is -2.12. The number of aryl methyl sites for hydroxylation is 2. The predicted octanol–water partition coefficient (Wildman–Crippen LogP) is 6.00. The molecule has 1 aliphatic heterocycles. The summed E-state index contributed by atoms with van der Waals surface area (Å²) < 4.78 is 19.6. The third-order valence-corrected chi connectivity index (χ3v) is 6.20. The minimum atomic E-state index is -0.126. The molecule has 1 aliphatic rings. The largest absolute Gasteiger partial charge is 0.497 e. The Morgan fingerprint density at radius 2 is 1.88 bits per heavy atom. The van der Waals surface area contributed by atoms with Crippen molar-refractivity contribution < 1.29 is 19.0 Å². The summed E-state index contributed by atoms with van der Waals surface area (Å²) in [5, 5.41) is 0.996. The average Bonchev–Trinajstić information content (AvgIpc) is 3.31. The van der Waals surface area contributed by atoms with E-state index >= 15 is 0 Å². The number of benzene rings is 3. The molecular formula is C28H25NO4. The number of carbonyl (C=O) groups excluding carboxylic acids is 1. The number of carbonyl (C=O) groups is 1. The molecule has 0 saturated heterocycles. The van der Waals surface area contributed by atoms with Crippen LogP contribution in [0, 0.1) is 13.8 Å². The maximum atomic E-state index is 13.1. The van der Waals surface area contributed by atoms with E-state index in [0.29, 0.717) is 29.4 Å². The van der Waals surface area contributed by atoms with Gasteiger partial charge in [-0.25, -0.2) is 0 Å². The van der Waals surface area contributed by atoms with Crippen LogP contribution in [0.25, 0.3) is 17.0 Å². The molecule has 166 valence electrons. The second kappa shape index (κ2) is 8.17. The molecule has 0 saturated carbocycles. The molecule has 0 aliphatic carbocycles. The molecular weight excluding hydrogens is 414 g/mol. The molecule has 0 spiro atoms. The molecule has 1 aromatic heterocycles. The summed E-state index contributed by atoms with van der Waals surface area (Å²) in [4.78, 5) is 13.1. The maximum Gasteiger partial charge on any atom is 0.231 e. The monoisotopic (exact) mass is 439 g/mol. The Labute approximate surface area is 192 Å². The van der Waals surface area contributed by atoms with Crippen LogP contribution in [0.1, 0.15) is 32.6 Å². The Kier molecular flexibility index (Phi) is 5.17. The van der Waals surface area contributed by atoms with Gasteiger partial charge in [-0.05, 0) is 61.4 Å². The van der Waals surface area contributed by atoms with E-state index in [-0.39, 0.29) is 5.78 Å². The molecule has 5 nitrogen and oxygen atoms in total. The second-order valence-corrected chi connectivity index (χ2v) is 8.30. The zero-order chi connectivity index (χ0) is 23.1. The number of hydrogen-bond acceptors (Lipinski definition) is 4. The summed E-state index contributed by atoms with van der Waals surface area (Å²) in [6, 6.07) is 17.7. The fourth-order valence-electron chi connectivity index (χ4n) is 4.24. The first-order valence-corrected chi connectivity index (χ1v) is 10.8. The first-order valence-electron chi connectivity index (χ1n) is 10.8. The minimum Gasteiger partial charge on any atom is -0.497 e. The minimum absolute atomic E-state index is 0.126. The molecule has 3 aromatic carbocycles. The van der Waals surface area contributed by atoms with Gasteiger partial charge in [0.2, 0.25) is 5.78 Å². The van der Waals surface area contributed by atoms with Crippen molar-refractivity contribution >= 4 is 22.8 Å². The molecule has 0 fully saturated rings. The number of aromatic nitrogens is 1. The summed E-state index contributed by atoms with van der Waals surface area (Å²) >= 11 is 0. The van der Waals surface area contributed by atoms with E-state index in [9.17, 15) is 4.79 Å². The lowest BCUT2D eigenvalue weighted by atomic mass is 10.1. The van der Waals surface area contributed by atoms with Gasteiger partial charge in [-0.15, -0.1) is 0 Å². The van der Waals surface area contributed by atoms with Gasteiger partial charge in [-0.1, -0.05) is 24.3 Å². The second-order valence-electron chi connectivity index (χ2n) is 8.30. The zero-order valence-electron chi connectivity index (χ0n) is 19.1. The van der Waals surface area contributed by atoms with E-state index < -0.39 is 0 Å². The Hall–Kier alpha value is -3.99. The SMILES string of the molecule is COc1ccc2c(c1)c(/C=C1/Oc3c(ccc(OCc4ccccc4C)c3C)C1=O)cn2C. The molecule has 4 aromatic rings. The van der Waals surface area contributed by atoms with E-state index in [0.717, 1.165) is 33.3 Å². The lowest BCUT2D eigenvalue weighted by molar-refractivity contribution is 0.101. The van der Waals surface area contributed by atoms with Gasteiger partial charge < -0.3 is 18.8 Å². The zero-order valence-corrected chi connectivity index (χ0v) is 19.1. The number of allylic oxidation sites excluding steroid dienone is 1. The standard InChI is InChI=1S/C28H25NO4/c1-17-7-5-6-8-19(17)16-32-25-12-10-22-27(30)26(33-28(22)18(25)2)13-20-15-29(3)24-11-9-21(31-4)14-23(20)24/h5-15H,16H2,1-4H3/b26-13+. The smallest absolute Gasteiger partial charge is 0.231 e. The molecule has 33 heavy (non-hydrogen) atoms. The topological polar surface area (TPSA) is 49.7 Å². The molecule has 2 heterocycles. The summed E-state index contributed by atoms with van der Waals surface area (Å²) in [5.41, 5.74) is 5.63. The number of methoxy groups -OCH3 is 1. The number of Topliss-reactive ketones (excluding diaryl/α,β-unsaturated/α-hetero) is 1. The van der Waals surface area contributed by atoms with Gasteiger partial charge in [0.05, 0.1) is 12.7 Å². The highest BCUT2D eigenvalue weighted by Crippen LogP contribution is 2.40. The summed E-state index contributed by atoms with van der Waals surface area (Å²) in [7, 11) is 3.62. The highest BCUT2D eigenvalue weighted by molar-refractivity contribution is 6.15. The summed E-state index contributed by atoms with van der Waals surface area (Å²) in [5.74, 6) is 2.21. The van der Waals surface area contributed by atoms with Crippen molar-refractivity contribution in [3.05, 3.63) is 94.4 Å². The molecule has 5 rings (SSSR count). The van der Waals surface area contributed by atoms with Crippen molar-refractivity contribution in [3.63, 3.8) is 0 Å². The van der Waals surface area contributed by atoms with Gasteiger partial charge in [0.25, 0.3) is 0 Å². The van der Waals surface area contributed by atoms with E-state index in [1.807, 2.05) is 61.1 Å². The summed E-state index contributed by atoms with van der Waals surface area (Å²) in [6.07, 6.45) is 3.79. The van der Waals surface area contributed by atoms with Crippen LogP contribution in [-0.4, -0.2) is 17.5 Å². The third kappa shape index (κ3) is 3.65. The lowest BCUT2D eigenvalue weighted by Crippen LogP contribution is -2.00. The normalized spacial score (nSPS) is 13.9. The van der Waals surface area contributed by atoms with Gasteiger partial charge in [0, 0.05) is 35.3 Å². The van der Waals surface area contributed by atoms with Crippen molar-refractivity contribution in [2.45, 2.75) is 20.5 Å². The number of ketones is 1. The molecule has 0 N–H and O–H groups in total. The maximum absolute atomic E-state index is 13.1. The first-order chi connectivity index (χ1) is 16.0.